The monoisotopic (exact) mass is 348 g/mol. The molecule has 0 atom stereocenters. The predicted molar refractivity (Wildman–Crippen MR) is 88.7 cm³/mol. The highest BCUT2D eigenvalue weighted by molar-refractivity contribution is 7.87. The Morgan fingerprint density at radius 3 is 2.33 bits per heavy atom. The standard InChI is InChI=1S/C17H16O6S/c1-12-3-7-14(8-4-12)24(20,21)23-15-9-5-13(6-10-17(18)19)11-16(15)22-2/h3-11H,1-2H3,(H,18,19). The average Bonchev–Trinajstić information content (AvgIpc) is 2.54. The molecule has 6 nitrogen and oxygen atoms in total. The molecule has 0 amide bonds. The maximum atomic E-state index is 12.3. The van der Waals surface area contributed by atoms with E-state index in [4.69, 9.17) is 14.0 Å². The van der Waals surface area contributed by atoms with Crippen molar-refractivity contribution >= 4 is 22.2 Å². The van der Waals surface area contributed by atoms with Gasteiger partial charge >= 0.3 is 16.1 Å². The topological polar surface area (TPSA) is 89.9 Å². The summed E-state index contributed by atoms with van der Waals surface area (Å²) in [7, 11) is -2.63. The highest BCUT2D eigenvalue weighted by Gasteiger charge is 2.19. The molecule has 24 heavy (non-hydrogen) atoms. The number of carboxylic acids is 1. The van der Waals surface area contributed by atoms with Crippen LogP contribution >= 0.6 is 0 Å². The van der Waals surface area contributed by atoms with E-state index in [9.17, 15) is 13.2 Å². The number of carbonyl (C=O) groups is 1. The van der Waals surface area contributed by atoms with Crippen LogP contribution in [0.25, 0.3) is 6.08 Å². The number of benzene rings is 2. The molecule has 7 heteroatoms. The van der Waals surface area contributed by atoms with E-state index in [0.29, 0.717) is 5.56 Å². The molecule has 2 rings (SSSR count). The van der Waals surface area contributed by atoms with Crippen molar-refractivity contribution in [3.63, 3.8) is 0 Å². The van der Waals surface area contributed by atoms with Crippen molar-refractivity contribution in [2.75, 3.05) is 7.11 Å². The van der Waals surface area contributed by atoms with Crippen LogP contribution in [0.2, 0.25) is 0 Å². The lowest BCUT2D eigenvalue weighted by atomic mass is 10.2. The van der Waals surface area contributed by atoms with E-state index in [2.05, 4.69) is 0 Å². The van der Waals surface area contributed by atoms with Crippen LogP contribution in [-0.4, -0.2) is 26.6 Å². The Bertz CT molecular complexity index is 866. The molecule has 0 bridgehead atoms. The third kappa shape index (κ3) is 4.36. The molecule has 0 aliphatic heterocycles. The molecular formula is C17H16O6S. The van der Waals surface area contributed by atoms with Gasteiger partial charge in [-0.2, -0.15) is 8.42 Å². The number of ether oxygens (including phenoxy) is 1. The first kappa shape index (κ1) is 17.6. The number of hydrogen-bond donors (Lipinski definition) is 1. The summed E-state index contributed by atoms with van der Waals surface area (Å²) in [5.74, 6) is -0.889. The number of hydrogen-bond acceptors (Lipinski definition) is 5. The summed E-state index contributed by atoms with van der Waals surface area (Å²) in [6, 6.07) is 10.7. The van der Waals surface area contributed by atoms with Gasteiger partial charge in [0.15, 0.2) is 11.5 Å². The van der Waals surface area contributed by atoms with Crippen molar-refractivity contribution in [2.24, 2.45) is 0 Å². The van der Waals surface area contributed by atoms with Gasteiger partial charge in [0.25, 0.3) is 0 Å². The normalized spacial score (nSPS) is 11.4. The minimum atomic E-state index is -3.99. The molecule has 2 aromatic rings. The zero-order chi connectivity index (χ0) is 17.7. The van der Waals surface area contributed by atoms with Gasteiger partial charge in [-0.05, 0) is 42.8 Å². The molecule has 1 N–H and O–H groups in total. The Labute approximate surface area is 140 Å². The molecule has 0 aromatic heterocycles. The van der Waals surface area contributed by atoms with Gasteiger partial charge in [0.05, 0.1) is 7.11 Å². The van der Waals surface area contributed by atoms with E-state index in [1.54, 1.807) is 12.1 Å². The van der Waals surface area contributed by atoms with E-state index in [0.717, 1.165) is 11.6 Å². The first-order valence-corrected chi connectivity index (χ1v) is 8.33. The zero-order valence-corrected chi connectivity index (χ0v) is 13.9. The minimum absolute atomic E-state index is 0.0190. The quantitative estimate of drug-likeness (QED) is 0.638. The van der Waals surface area contributed by atoms with Gasteiger partial charge in [-0.3, -0.25) is 0 Å². The Kier molecular flexibility index (Phi) is 5.25. The van der Waals surface area contributed by atoms with Crippen LogP contribution < -0.4 is 8.92 Å². The van der Waals surface area contributed by atoms with Gasteiger partial charge in [0.1, 0.15) is 4.90 Å². The summed E-state index contributed by atoms with van der Waals surface area (Å²) in [4.78, 5) is 10.6. The molecule has 0 aliphatic rings. The largest absolute Gasteiger partial charge is 0.493 e. The zero-order valence-electron chi connectivity index (χ0n) is 13.1. The van der Waals surface area contributed by atoms with Gasteiger partial charge in [0, 0.05) is 6.08 Å². The fourth-order valence-electron chi connectivity index (χ4n) is 1.90. The summed E-state index contributed by atoms with van der Waals surface area (Å²) >= 11 is 0. The highest BCUT2D eigenvalue weighted by Crippen LogP contribution is 2.31. The van der Waals surface area contributed by atoms with E-state index in [1.165, 1.54) is 43.5 Å². The molecule has 0 fully saturated rings. The van der Waals surface area contributed by atoms with Crippen molar-refractivity contribution in [3.05, 3.63) is 59.7 Å². The van der Waals surface area contributed by atoms with Crippen molar-refractivity contribution in [1.82, 2.24) is 0 Å². The minimum Gasteiger partial charge on any atom is -0.493 e. The van der Waals surface area contributed by atoms with Gasteiger partial charge in [-0.25, -0.2) is 4.79 Å². The fraction of sp³-hybridized carbons (Fsp3) is 0.118. The number of aliphatic carboxylic acids is 1. The highest BCUT2D eigenvalue weighted by atomic mass is 32.2. The number of methoxy groups -OCH3 is 1. The van der Waals surface area contributed by atoms with Gasteiger partial charge < -0.3 is 14.0 Å². The van der Waals surface area contributed by atoms with E-state index in [-0.39, 0.29) is 16.4 Å². The maximum absolute atomic E-state index is 12.3. The molecule has 0 saturated carbocycles. The van der Waals surface area contributed by atoms with E-state index in [1.807, 2.05) is 6.92 Å². The predicted octanol–water partition coefficient (Wildman–Crippen LogP) is 2.87. The molecule has 126 valence electrons. The summed E-state index contributed by atoms with van der Waals surface area (Å²) in [6.45, 7) is 1.85. The summed E-state index contributed by atoms with van der Waals surface area (Å²) in [5.41, 5.74) is 1.47. The molecule has 2 aromatic carbocycles. The second kappa shape index (κ2) is 7.18. The molecular weight excluding hydrogens is 332 g/mol. The summed E-state index contributed by atoms with van der Waals surface area (Å²) < 4.78 is 34.9. The van der Waals surface area contributed by atoms with Crippen LogP contribution in [-0.2, 0) is 14.9 Å². The Balaban J connectivity index is 2.31. The summed E-state index contributed by atoms with van der Waals surface area (Å²) in [5, 5.41) is 8.63. The van der Waals surface area contributed by atoms with Crippen molar-refractivity contribution in [2.45, 2.75) is 11.8 Å². The number of aryl methyl sites for hydroxylation is 1. The van der Waals surface area contributed by atoms with E-state index >= 15 is 0 Å². The first-order valence-electron chi connectivity index (χ1n) is 6.92. The maximum Gasteiger partial charge on any atom is 0.339 e. The third-order valence-corrected chi connectivity index (χ3v) is 4.36. The first-order chi connectivity index (χ1) is 11.3. The fourth-order valence-corrected chi connectivity index (χ4v) is 2.84. The van der Waals surface area contributed by atoms with Gasteiger partial charge in [-0.1, -0.05) is 23.8 Å². The van der Waals surface area contributed by atoms with Gasteiger partial charge in [-0.15, -0.1) is 0 Å². The van der Waals surface area contributed by atoms with Crippen LogP contribution in [0.4, 0.5) is 0 Å². The lowest BCUT2D eigenvalue weighted by Crippen LogP contribution is -2.10. The van der Waals surface area contributed by atoms with Crippen molar-refractivity contribution in [3.8, 4) is 11.5 Å². The smallest absolute Gasteiger partial charge is 0.339 e. The van der Waals surface area contributed by atoms with Crippen LogP contribution in [0.1, 0.15) is 11.1 Å². The second-order valence-corrected chi connectivity index (χ2v) is 6.48. The third-order valence-electron chi connectivity index (χ3n) is 3.12. The van der Waals surface area contributed by atoms with Gasteiger partial charge in [0.2, 0.25) is 0 Å². The van der Waals surface area contributed by atoms with Crippen LogP contribution in [0.15, 0.2) is 53.4 Å². The molecule has 0 saturated heterocycles. The lowest BCUT2D eigenvalue weighted by Gasteiger charge is -2.11. The molecule has 0 unspecified atom stereocenters. The molecule has 0 spiro atoms. The number of rotatable bonds is 6. The van der Waals surface area contributed by atoms with E-state index < -0.39 is 16.1 Å². The molecule has 0 heterocycles. The SMILES string of the molecule is COc1cc(C=CC(=O)O)ccc1OS(=O)(=O)c1ccc(C)cc1. The van der Waals surface area contributed by atoms with Crippen molar-refractivity contribution < 1.29 is 27.2 Å². The Morgan fingerprint density at radius 1 is 1.08 bits per heavy atom. The Morgan fingerprint density at radius 2 is 1.75 bits per heavy atom. The summed E-state index contributed by atoms with van der Waals surface area (Å²) in [6.07, 6.45) is 2.33. The second-order valence-electron chi connectivity index (χ2n) is 4.93. The molecule has 0 radical (unpaired) electrons. The molecule has 0 aliphatic carbocycles. The Hall–Kier alpha value is -2.80. The van der Waals surface area contributed by atoms with Crippen molar-refractivity contribution in [1.29, 1.82) is 0 Å². The number of carboxylic acid groups (broad SMARTS) is 1. The van der Waals surface area contributed by atoms with Crippen LogP contribution in [0.3, 0.4) is 0 Å². The average molecular weight is 348 g/mol. The van der Waals surface area contributed by atoms with Crippen LogP contribution in [0, 0.1) is 6.92 Å². The lowest BCUT2D eigenvalue weighted by molar-refractivity contribution is -0.131. The van der Waals surface area contributed by atoms with Crippen LogP contribution in [0.5, 0.6) is 11.5 Å².